The Kier molecular flexibility index (Phi) is 5.94. The lowest BCUT2D eigenvalue weighted by Crippen LogP contribution is -2.41. The van der Waals surface area contributed by atoms with Gasteiger partial charge in [-0.3, -0.25) is 9.48 Å². The summed E-state index contributed by atoms with van der Waals surface area (Å²) >= 11 is 0. The number of ether oxygens (including phenoxy) is 1. The molecule has 2 N–H and O–H groups in total. The summed E-state index contributed by atoms with van der Waals surface area (Å²) in [6.45, 7) is 14.3. The van der Waals surface area contributed by atoms with Crippen molar-refractivity contribution < 1.29 is 14.0 Å². The fraction of sp³-hybridized carbons (Fsp3) is 0.733. The van der Waals surface area contributed by atoms with Gasteiger partial charge in [0.1, 0.15) is 5.69 Å². The minimum atomic E-state index is -1.76. The first-order valence-electron chi connectivity index (χ1n) is 7.50. The normalized spacial score (nSPS) is 14.1. The summed E-state index contributed by atoms with van der Waals surface area (Å²) in [6.07, 6.45) is -0.804. The lowest BCUT2D eigenvalue weighted by Gasteiger charge is -2.36. The number of nitrogens with two attached hydrogens (primary N) is 1. The Labute approximate surface area is 134 Å². The van der Waals surface area contributed by atoms with Gasteiger partial charge in [-0.2, -0.15) is 5.10 Å². The van der Waals surface area contributed by atoms with Crippen molar-refractivity contribution in [3.8, 4) is 0 Å². The zero-order valence-electron chi connectivity index (χ0n) is 14.8. The molecule has 0 aliphatic heterocycles. The molecule has 1 heterocycles. The van der Waals surface area contributed by atoms with Crippen molar-refractivity contribution in [1.82, 2.24) is 9.78 Å². The van der Waals surface area contributed by atoms with Crippen LogP contribution >= 0.6 is 0 Å². The Bertz CT molecular complexity index is 521. The average Bonchev–Trinajstić information content (AvgIpc) is 2.69. The van der Waals surface area contributed by atoms with Crippen LogP contribution in [-0.2, 0) is 20.5 Å². The molecule has 7 heteroatoms. The first-order chi connectivity index (χ1) is 9.99. The third kappa shape index (κ3) is 4.41. The molecule has 1 aromatic heterocycles. The minimum absolute atomic E-state index is 0.185. The molecule has 6 nitrogen and oxygen atoms in total. The molecule has 0 spiro atoms. The van der Waals surface area contributed by atoms with E-state index in [0.717, 1.165) is 5.69 Å². The van der Waals surface area contributed by atoms with Crippen LogP contribution in [0, 0.1) is 6.92 Å². The monoisotopic (exact) mass is 327 g/mol. The number of carbonyl (C=O) groups excluding carboxylic acids is 1. The number of carbonyl (C=O) groups is 1. The molecule has 0 aliphatic carbocycles. The van der Waals surface area contributed by atoms with Crippen molar-refractivity contribution in [3.05, 3.63) is 17.5 Å². The van der Waals surface area contributed by atoms with Crippen molar-refractivity contribution >= 4 is 14.2 Å². The maximum absolute atomic E-state index is 11.3. The quantitative estimate of drug-likeness (QED) is 0.780. The number of primary amides is 1. The number of methoxy groups -OCH3 is 1. The third-order valence-corrected chi connectivity index (χ3v) is 8.87. The molecule has 22 heavy (non-hydrogen) atoms. The second-order valence-electron chi connectivity index (χ2n) is 7.06. The summed E-state index contributed by atoms with van der Waals surface area (Å²) in [5.74, 6) is -0.537. The van der Waals surface area contributed by atoms with Gasteiger partial charge in [0.2, 0.25) is 0 Å². The largest absolute Gasteiger partial charge is 0.415 e. The lowest BCUT2D eigenvalue weighted by molar-refractivity contribution is -0.128. The van der Waals surface area contributed by atoms with Crippen LogP contribution in [0.3, 0.4) is 0 Å². The Morgan fingerprint density at radius 1 is 1.45 bits per heavy atom. The van der Waals surface area contributed by atoms with Gasteiger partial charge in [-0.25, -0.2) is 0 Å². The second-order valence-corrected chi connectivity index (χ2v) is 11.9. The van der Waals surface area contributed by atoms with Gasteiger partial charge in [-0.15, -0.1) is 0 Å². The van der Waals surface area contributed by atoms with E-state index in [1.54, 1.807) is 0 Å². The number of hydrogen-bond donors (Lipinski definition) is 1. The molecule has 1 unspecified atom stereocenters. The highest BCUT2D eigenvalue weighted by Gasteiger charge is 2.36. The van der Waals surface area contributed by atoms with E-state index in [9.17, 15) is 4.79 Å². The number of hydrogen-bond acceptors (Lipinski definition) is 4. The fourth-order valence-corrected chi connectivity index (χ4v) is 2.91. The van der Waals surface area contributed by atoms with E-state index in [4.69, 9.17) is 14.9 Å². The molecular formula is C15H29N3O3Si. The third-order valence-electron chi connectivity index (χ3n) is 4.34. The van der Waals surface area contributed by atoms with E-state index >= 15 is 0 Å². The van der Waals surface area contributed by atoms with E-state index in [1.807, 2.05) is 17.7 Å². The molecule has 0 aromatic carbocycles. The fourth-order valence-electron chi connectivity index (χ4n) is 1.88. The molecule has 126 valence electrons. The highest BCUT2D eigenvalue weighted by Crippen LogP contribution is 2.36. The number of aryl methyl sites for hydroxylation is 1. The summed E-state index contributed by atoms with van der Waals surface area (Å²) in [6, 6.07) is 1.82. The zero-order valence-corrected chi connectivity index (χ0v) is 15.8. The molecule has 1 aromatic rings. The smallest absolute Gasteiger partial charge is 0.252 e. The minimum Gasteiger partial charge on any atom is -0.415 e. The molecule has 0 saturated carbocycles. The molecule has 1 atom stereocenters. The lowest BCUT2D eigenvalue weighted by atomic mass is 10.2. The van der Waals surface area contributed by atoms with Gasteiger partial charge in [0.05, 0.1) is 13.2 Å². The van der Waals surface area contributed by atoms with E-state index in [-0.39, 0.29) is 5.04 Å². The Morgan fingerprint density at radius 2 is 2.05 bits per heavy atom. The highest BCUT2D eigenvalue weighted by atomic mass is 28.4. The first kappa shape index (κ1) is 18.9. The van der Waals surface area contributed by atoms with Crippen molar-refractivity contribution in [3.63, 3.8) is 0 Å². The van der Waals surface area contributed by atoms with Crippen LogP contribution in [0.15, 0.2) is 6.07 Å². The van der Waals surface area contributed by atoms with E-state index in [0.29, 0.717) is 18.8 Å². The number of rotatable bonds is 7. The molecule has 0 aliphatic rings. The number of nitrogens with zero attached hydrogens (tertiary/aromatic N) is 2. The molecule has 0 fully saturated rings. The van der Waals surface area contributed by atoms with Gasteiger partial charge >= 0.3 is 0 Å². The van der Waals surface area contributed by atoms with Crippen molar-refractivity contribution in [2.75, 3.05) is 13.7 Å². The highest BCUT2D eigenvalue weighted by molar-refractivity contribution is 6.74. The Balaban J connectivity index is 2.72. The van der Waals surface area contributed by atoms with Crippen molar-refractivity contribution in [2.45, 2.75) is 58.5 Å². The predicted octanol–water partition coefficient (Wildman–Crippen LogP) is 2.39. The standard InChI is InChI=1S/C15H29N3O3Si/c1-11-10-12(13(20-5)14(16)19)17-18(11)8-9-21-22(6,7)15(2,3)4/h10,13H,8-9H2,1-7H3,(H2,16,19). The number of amides is 1. The number of aromatic nitrogens is 2. The van der Waals surface area contributed by atoms with Crippen LogP contribution < -0.4 is 5.73 Å². The zero-order chi connectivity index (χ0) is 17.1. The molecule has 1 amide bonds. The van der Waals surface area contributed by atoms with Crippen LogP contribution in [0.2, 0.25) is 18.1 Å². The Hall–Kier alpha value is -1.18. The van der Waals surface area contributed by atoms with Crippen LogP contribution in [0.5, 0.6) is 0 Å². The molecular weight excluding hydrogens is 298 g/mol. The first-order valence-corrected chi connectivity index (χ1v) is 10.4. The summed E-state index contributed by atoms with van der Waals surface area (Å²) < 4.78 is 13.1. The second kappa shape index (κ2) is 6.93. The maximum Gasteiger partial charge on any atom is 0.252 e. The maximum atomic E-state index is 11.3. The van der Waals surface area contributed by atoms with E-state index in [2.05, 4.69) is 39.0 Å². The molecule has 0 saturated heterocycles. The SMILES string of the molecule is COC(C(N)=O)c1cc(C)n(CCO[Si](C)(C)C(C)(C)C)n1. The van der Waals surface area contributed by atoms with Crippen molar-refractivity contribution in [2.24, 2.45) is 5.73 Å². The van der Waals surface area contributed by atoms with E-state index in [1.165, 1.54) is 7.11 Å². The van der Waals surface area contributed by atoms with Gasteiger partial charge in [0.25, 0.3) is 5.91 Å². The predicted molar refractivity (Wildman–Crippen MR) is 89.1 cm³/mol. The summed E-state index contributed by atoms with van der Waals surface area (Å²) in [5, 5.41) is 4.60. The summed E-state index contributed by atoms with van der Waals surface area (Å²) in [7, 11) is -0.307. The van der Waals surface area contributed by atoms with E-state index < -0.39 is 20.3 Å². The Morgan fingerprint density at radius 3 is 2.50 bits per heavy atom. The van der Waals surface area contributed by atoms with Gasteiger partial charge in [0.15, 0.2) is 14.4 Å². The molecule has 1 rings (SSSR count). The van der Waals surface area contributed by atoms with Gasteiger partial charge < -0.3 is 14.9 Å². The summed E-state index contributed by atoms with van der Waals surface area (Å²) in [4.78, 5) is 11.3. The van der Waals surface area contributed by atoms with Gasteiger partial charge in [-0.05, 0) is 31.1 Å². The summed E-state index contributed by atoms with van der Waals surface area (Å²) in [5.41, 5.74) is 6.81. The average molecular weight is 328 g/mol. The topological polar surface area (TPSA) is 79.4 Å². The molecule has 0 radical (unpaired) electrons. The molecule has 0 bridgehead atoms. The van der Waals surface area contributed by atoms with Gasteiger partial charge in [-0.1, -0.05) is 20.8 Å². The van der Waals surface area contributed by atoms with Gasteiger partial charge in [0, 0.05) is 12.8 Å². The van der Waals surface area contributed by atoms with Crippen LogP contribution in [0.1, 0.15) is 38.3 Å². The van der Waals surface area contributed by atoms with Crippen molar-refractivity contribution in [1.29, 1.82) is 0 Å². The van der Waals surface area contributed by atoms with Crippen LogP contribution in [0.4, 0.5) is 0 Å². The van der Waals surface area contributed by atoms with Crippen LogP contribution in [0.25, 0.3) is 0 Å². The van der Waals surface area contributed by atoms with Crippen LogP contribution in [-0.4, -0.2) is 37.7 Å².